The minimum Gasteiger partial charge on any atom is -0.228 e. The zero-order valence-corrected chi connectivity index (χ0v) is 35.4. The highest BCUT2D eigenvalue weighted by Crippen LogP contribution is 2.54. The van der Waals surface area contributed by atoms with Crippen LogP contribution in [0.2, 0.25) is 0 Å². The molecule has 2 aliphatic carbocycles. The van der Waals surface area contributed by atoms with Gasteiger partial charge in [-0.15, -0.1) is 0 Å². The Bertz CT molecular complexity index is 3460. The molecule has 0 spiro atoms. The van der Waals surface area contributed by atoms with Gasteiger partial charge in [-0.25, -0.2) is 9.97 Å². The fraction of sp³-hybridized carbons (Fsp3) is 0.100. The Morgan fingerprint density at radius 3 is 1.68 bits per heavy atom. The fourth-order valence-electron chi connectivity index (χ4n) is 10.8. The first-order valence-electron chi connectivity index (χ1n) is 21.7. The van der Waals surface area contributed by atoms with Crippen molar-refractivity contribution in [3.05, 3.63) is 216 Å². The van der Waals surface area contributed by atoms with Gasteiger partial charge in [-0.05, 0) is 113 Å². The molecule has 2 aliphatic rings. The molecule has 0 N–H and O–H groups in total. The second-order valence-electron chi connectivity index (χ2n) is 18.1. The maximum absolute atomic E-state index is 5.38. The molecule has 294 valence electrons. The first-order valence-corrected chi connectivity index (χ1v) is 21.7. The van der Waals surface area contributed by atoms with E-state index in [4.69, 9.17) is 9.97 Å². The fourth-order valence-corrected chi connectivity index (χ4v) is 10.8. The van der Waals surface area contributed by atoms with Gasteiger partial charge in [-0.1, -0.05) is 198 Å². The third-order valence-electron chi connectivity index (χ3n) is 13.9. The molecule has 10 aromatic rings. The predicted molar refractivity (Wildman–Crippen MR) is 259 cm³/mol. The third kappa shape index (κ3) is 5.43. The summed E-state index contributed by atoms with van der Waals surface area (Å²) in [6.45, 7) is 9.44. The van der Waals surface area contributed by atoms with Crippen LogP contribution in [0.5, 0.6) is 0 Å². The van der Waals surface area contributed by atoms with E-state index >= 15 is 0 Å². The summed E-state index contributed by atoms with van der Waals surface area (Å²) in [5, 5.41) is 4.87. The summed E-state index contributed by atoms with van der Waals surface area (Å²) in [5.41, 5.74) is 20.4. The standard InChI is InChI=1S/C60H44N2/c1-59(2)52-30-16-28-49(56(52)50-34-38-19-8-9-20-39(38)35-53(50)59)55-36-54(61-58(62-55)37-17-6-5-7-18-37)47-32-31-42(44-23-10-11-24-45(44)47)40-21-14-22-41(33-40)43-26-15-27-48-46-25-12-13-29-51(46)60(3,4)57(43)48/h5-36H,1-4H3. The molecule has 2 nitrogen and oxygen atoms in total. The highest BCUT2D eigenvalue weighted by Gasteiger charge is 2.39. The summed E-state index contributed by atoms with van der Waals surface area (Å²) in [5.74, 6) is 0.716. The third-order valence-corrected chi connectivity index (χ3v) is 13.9. The van der Waals surface area contributed by atoms with Crippen LogP contribution in [-0.2, 0) is 10.8 Å². The van der Waals surface area contributed by atoms with Crippen LogP contribution in [0.15, 0.2) is 194 Å². The molecule has 0 bridgehead atoms. The van der Waals surface area contributed by atoms with Crippen molar-refractivity contribution in [3.63, 3.8) is 0 Å². The van der Waals surface area contributed by atoms with E-state index in [9.17, 15) is 0 Å². The van der Waals surface area contributed by atoms with Crippen molar-refractivity contribution in [1.29, 1.82) is 0 Å². The Morgan fingerprint density at radius 2 is 0.871 bits per heavy atom. The Morgan fingerprint density at radius 1 is 0.323 bits per heavy atom. The molecular weight excluding hydrogens is 749 g/mol. The quantitative estimate of drug-likeness (QED) is 0.173. The first kappa shape index (κ1) is 36.4. The number of rotatable bonds is 5. The summed E-state index contributed by atoms with van der Waals surface area (Å²) in [7, 11) is 0. The van der Waals surface area contributed by atoms with Crippen molar-refractivity contribution < 1.29 is 0 Å². The molecule has 12 rings (SSSR count). The van der Waals surface area contributed by atoms with E-state index in [1.165, 1.54) is 82.9 Å². The van der Waals surface area contributed by atoms with Crippen LogP contribution in [0, 0.1) is 0 Å². The van der Waals surface area contributed by atoms with Crippen LogP contribution in [0.4, 0.5) is 0 Å². The molecule has 0 fully saturated rings. The molecular formula is C60H44N2. The van der Waals surface area contributed by atoms with Gasteiger partial charge in [0.15, 0.2) is 5.82 Å². The first-order chi connectivity index (χ1) is 30.3. The topological polar surface area (TPSA) is 25.8 Å². The smallest absolute Gasteiger partial charge is 0.160 e. The van der Waals surface area contributed by atoms with E-state index in [1.807, 2.05) is 6.07 Å². The minimum atomic E-state index is -0.159. The van der Waals surface area contributed by atoms with Gasteiger partial charge in [0.1, 0.15) is 0 Å². The van der Waals surface area contributed by atoms with E-state index in [1.54, 1.807) is 0 Å². The zero-order chi connectivity index (χ0) is 41.7. The molecule has 9 aromatic carbocycles. The van der Waals surface area contributed by atoms with Crippen LogP contribution in [-0.4, -0.2) is 9.97 Å². The summed E-state index contributed by atoms with van der Waals surface area (Å²) < 4.78 is 0. The molecule has 0 saturated heterocycles. The Kier molecular flexibility index (Phi) is 7.96. The predicted octanol–water partition coefficient (Wildman–Crippen LogP) is 15.7. The number of hydrogen-bond acceptors (Lipinski definition) is 2. The minimum absolute atomic E-state index is 0.102. The summed E-state index contributed by atoms with van der Waals surface area (Å²) in [4.78, 5) is 10.7. The Balaban J connectivity index is 1.02. The summed E-state index contributed by atoms with van der Waals surface area (Å²) >= 11 is 0. The van der Waals surface area contributed by atoms with Crippen LogP contribution >= 0.6 is 0 Å². The van der Waals surface area contributed by atoms with Gasteiger partial charge >= 0.3 is 0 Å². The normalized spacial score (nSPS) is 14.1. The lowest BCUT2D eigenvalue weighted by atomic mass is 9.78. The molecule has 0 saturated carbocycles. The molecule has 1 heterocycles. The largest absolute Gasteiger partial charge is 0.228 e. The van der Waals surface area contributed by atoms with Crippen LogP contribution in [0.3, 0.4) is 0 Å². The Hall–Kier alpha value is -7.42. The van der Waals surface area contributed by atoms with Gasteiger partial charge in [0.2, 0.25) is 0 Å². The van der Waals surface area contributed by atoms with Gasteiger partial charge in [0, 0.05) is 27.5 Å². The second kappa shape index (κ2) is 13.5. The van der Waals surface area contributed by atoms with E-state index in [0.717, 1.165) is 33.5 Å². The highest BCUT2D eigenvalue weighted by molar-refractivity contribution is 6.06. The zero-order valence-electron chi connectivity index (χ0n) is 35.4. The van der Waals surface area contributed by atoms with Gasteiger partial charge < -0.3 is 0 Å². The second-order valence-corrected chi connectivity index (χ2v) is 18.1. The van der Waals surface area contributed by atoms with E-state index < -0.39 is 0 Å². The number of benzene rings is 9. The van der Waals surface area contributed by atoms with Crippen molar-refractivity contribution >= 4 is 21.5 Å². The van der Waals surface area contributed by atoms with Crippen molar-refractivity contribution in [2.75, 3.05) is 0 Å². The van der Waals surface area contributed by atoms with Gasteiger partial charge in [0.05, 0.1) is 11.4 Å². The molecule has 0 unspecified atom stereocenters. The van der Waals surface area contributed by atoms with Gasteiger partial charge in [-0.2, -0.15) is 0 Å². The molecule has 0 atom stereocenters. The average molecular weight is 793 g/mol. The van der Waals surface area contributed by atoms with Gasteiger partial charge in [-0.3, -0.25) is 0 Å². The highest BCUT2D eigenvalue weighted by atomic mass is 14.9. The molecule has 0 amide bonds. The summed E-state index contributed by atoms with van der Waals surface area (Å²) in [6.07, 6.45) is 0. The van der Waals surface area contributed by atoms with E-state index in [-0.39, 0.29) is 10.8 Å². The molecule has 0 radical (unpaired) electrons. The number of hydrogen-bond donors (Lipinski definition) is 0. The van der Waals surface area contributed by atoms with Crippen LogP contribution in [0.1, 0.15) is 49.9 Å². The lowest BCUT2D eigenvalue weighted by molar-refractivity contribution is 0.661. The van der Waals surface area contributed by atoms with E-state index in [2.05, 4.69) is 216 Å². The maximum atomic E-state index is 5.38. The number of fused-ring (bicyclic) bond motifs is 8. The van der Waals surface area contributed by atoms with Crippen LogP contribution in [0.25, 0.3) is 100.0 Å². The SMILES string of the molecule is CC1(C)c2cc3ccccc3cc2-c2c(-c3cc(-c4ccc(-c5cccc(-c6cccc7c6C(C)(C)c6ccccc6-7)c5)c5ccccc45)nc(-c4ccccc4)n3)cccc21. The number of nitrogens with zero attached hydrogens (tertiary/aromatic N) is 2. The van der Waals surface area contributed by atoms with Gasteiger partial charge in [0.25, 0.3) is 0 Å². The summed E-state index contributed by atoms with van der Waals surface area (Å²) in [6, 6.07) is 71.0. The maximum Gasteiger partial charge on any atom is 0.160 e. The molecule has 1 aromatic heterocycles. The molecule has 62 heavy (non-hydrogen) atoms. The van der Waals surface area contributed by atoms with Crippen molar-refractivity contribution in [1.82, 2.24) is 9.97 Å². The Labute approximate surface area is 363 Å². The average Bonchev–Trinajstić information content (AvgIpc) is 3.69. The van der Waals surface area contributed by atoms with Crippen molar-refractivity contribution in [2.45, 2.75) is 38.5 Å². The molecule has 2 heteroatoms. The van der Waals surface area contributed by atoms with E-state index in [0.29, 0.717) is 5.82 Å². The monoisotopic (exact) mass is 792 g/mol. The van der Waals surface area contributed by atoms with Crippen molar-refractivity contribution in [2.24, 2.45) is 0 Å². The lowest BCUT2D eigenvalue weighted by Crippen LogP contribution is -2.16. The lowest BCUT2D eigenvalue weighted by Gasteiger charge is -2.24. The van der Waals surface area contributed by atoms with Crippen molar-refractivity contribution in [3.8, 4) is 78.4 Å². The van der Waals surface area contributed by atoms with Crippen LogP contribution < -0.4 is 0 Å². The number of aromatic nitrogens is 2. The molecule has 0 aliphatic heterocycles.